The standard InChI is InChI=1S/C15H24N2O4/c1-2-16-10-12(8-13(16)18)15(21)17-7-3-4-11(9-17)5-6-14(19)20/h11-12H,2-10H2,1H3,(H,19,20). The molecule has 0 aromatic carbocycles. The van der Waals surface area contributed by atoms with Crippen molar-refractivity contribution in [1.29, 1.82) is 0 Å². The van der Waals surface area contributed by atoms with E-state index in [2.05, 4.69) is 0 Å². The molecule has 2 amide bonds. The van der Waals surface area contributed by atoms with E-state index in [1.165, 1.54) is 0 Å². The molecule has 21 heavy (non-hydrogen) atoms. The molecule has 2 unspecified atom stereocenters. The number of carbonyl (C=O) groups excluding carboxylic acids is 2. The van der Waals surface area contributed by atoms with Gasteiger partial charge in [-0.25, -0.2) is 0 Å². The molecule has 0 bridgehead atoms. The number of carboxylic acids is 1. The second kappa shape index (κ2) is 6.91. The molecule has 2 rings (SSSR count). The Kier molecular flexibility index (Phi) is 5.20. The van der Waals surface area contributed by atoms with Gasteiger partial charge < -0.3 is 14.9 Å². The maximum atomic E-state index is 12.5. The van der Waals surface area contributed by atoms with Gasteiger partial charge in [0.1, 0.15) is 0 Å². The summed E-state index contributed by atoms with van der Waals surface area (Å²) < 4.78 is 0. The Hall–Kier alpha value is -1.59. The fraction of sp³-hybridized carbons (Fsp3) is 0.800. The van der Waals surface area contributed by atoms with Crippen molar-refractivity contribution in [2.45, 2.75) is 39.0 Å². The fourth-order valence-corrected chi connectivity index (χ4v) is 3.33. The average molecular weight is 296 g/mol. The Bertz CT molecular complexity index is 424. The van der Waals surface area contributed by atoms with Crippen LogP contribution in [0.2, 0.25) is 0 Å². The molecule has 0 aromatic rings. The minimum Gasteiger partial charge on any atom is -0.481 e. The highest BCUT2D eigenvalue weighted by Crippen LogP contribution is 2.25. The number of carboxylic acid groups (broad SMARTS) is 1. The van der Waals surface area contributed by atoms with E-state index in [1.54, 1.807) is 4.90 Å². The summed E-state index contributed by atoms with van der Waals surface area (Å²) in [6.07, 6.45) is 3.03. The summed E-state index contributed by atoms with van der Waals surface area (Å²) in [5, 5.41) is 8.75. The molecule has 2 aliphatic rings. The van der Waals surface area contributed by atoms with Gasteiger partial charge in [-0.2, -0.15) is 0 Å². The third-order valence-corrected chi connectivity index (χ3v) is 4.54. The second-order valence-electron chi connectivity index (χ2n) is 6.06. The molecule has 1 N–H and O–H groups in total. The van der Waals surface area contributed by atoms with Crippen LogP contribution in [0.1, 0.15) is 39.0 Å². The first-order chi connectivity index (χ1) is 10.0. The van der Waals surface area contributed by atoms with E-state index in [1.807, 2.05) is 11.8 Å². The number of likely N-dealkylation sites (tertiary alicyclic amines) is 2. The van der Waals surface area contributed by atoms with Crippen LogP contribution in [-0.2, 0) is 14.4 Å². The molecule has 0 radical (unpaired) electrons. The van der Waals surface area contributed by atoms with Crippen LogP contribution in [0.15, 0.2) is 0 Å². The van der Waals surface area contributed by atoms with Crippen molar-refractivity contribution in [3.63, 3.8) is 0 Å². The van der Waals surface area contributed by atoms with Crippen LogP contribution in [0.4, 0.5) is 0 Å². The first-order valence-corrected chi connectivity index (χ1v) is 7.79. The van der Waals surface area contributed by atoms with E-state index >= 15 is 0 Å². The van der Waals surface area contributed by atoms with Crippen LogP contribution < -0.4 is 0 Å². The summed E-state index contributed by atoms with van der Waals surface area (Å²) in [6, 6.07) is 0. The molecule has 2 aliphatic heterocycles. The first kappa shape index (κ1) is 15.8. The smallest absolute Gasteiger partial charge is 0.303 e. The minimum atomic E-state index is -0.779. The SMILES string of the molecule is CCN1CC(C(=O)N2CCCC(CCC(=O)O)C2)CC1=O. The topological polar surface area (TPSA) is 77.9 Å². The van der Waals surface area contributed by atoms with Gasteiger partial charge in [0.2, 0.25) is 11.8 Å². The van der Waals surface area contributed by atoms with E-state index in [9.17, 15) is 14.4 Å². The van der Waals surface area contributed by atoms with Gasteiger partial charge in [0, 0.05) is 39.0 Å². The van der Waals surface area contributed by atoms with E-state index < -0.39 is 5.97 Å². The highest BCUT2D eigenvalue weighted by Gasteiger charge is 2.36. The normalized spacial score (nSPS) is 26.2. The van der Waals surface area contributed by atoms with Crippen LogP contribution >= 0.6 is 0 Å². The Morgan fingerprint density at radius 3 is 2.71 bits per heavy atom. The molecule has 2 heterocycles. The van der Waals surface area contributed by atoms with Gasteiger partial charge >= 0.3 is 5.97 Å². The Balaban J connectivity index is 1.87. The summed E-state index contributed by atoms with van der Waals surface area (Å²) in [7, 11) is 0. The van der Waals surface area contributed by atoms with Crippen LogP contribution in [0.5, 0.6) is 0 Å². The molecular weight excluding hydrogens is 272 g/mol. The summed E-state index contributed by atoms with van der Waals surface area (Å²) in [5.41, 5.74) is 0. The monoisotopic (exact) mass is 296 g/mol. The molecule has 0 spiro atoms. The third-order valence-electron chi connectivity index (χ3n) is 4.54. The van der Waals surface area contributed by atoms with Gasteiger partial charge in [-0.3, -0.25) is 14.4 Å². The van der Waals surface area contributed by atoms with Crippen molar-refractivity contribution in [2.24, 2.45) is 11.8 Å². The van der Waals surface area contributed by atoms with Crippen LogP contribution in [0.25, 0.3) is 0 Å². The number of carbonyl (C=O) groups is 3. The first-order valence-electron chi connectivity index (χ1n) is 7.79. The average Bonchev–Trinajstić information content (AvgIpc) is 2.85. The van der Waals surface area contributed by atoms with Gasteiger partial charge in [0.05, 0.1) is 5.92 Å². The van der Waals surface area contributed by atoms with E-state index in [-0.39, 0.29) is 30.1 Å². The predicted molar refractivity (Wildman–Crippen MR) is 76.5 cm³/mol. The molecule has 0 aliphatic carbocycles. The van der Waals surface area contributed by atoms with Crippen molar-refractivity contribution >= 4 is 17.8 Å². The number of rotatable bonds is 5. The third kappa shape index (κ3) is 3.95. The van der Waals surface area contributed by atoms with Gasteiger partial charge in [-0.15, -0.1) is 0 Å². The summed E-state index contributed by atoms with van der Waals surface area (Å²) in [5.74, 6) is -0.582. The van der Waals surface area contributed by atoms with Gasteiger partial charge in [-0.1, -0.05) is 0 Å². The highest BCUT2D eigenvalue weighted by atomic mass is 16.4. The molecule has 2 atom stereocenters. The molecular formula is C15H24N2O4. The zero-order valence-electron chi connectivity index (χ0n) is 12.6. The zero-order chi connectivity index (χ0) is 15.4. The summed E-state index contributed by atoms with van der Waals surface area (Å²) >= 11 is 0. The van der Waals surface area contributed by atoms with Gasteiger partial charge in [0.25, 0.3) is 0 Å². The predicted octanol–water partition coefficient (Wildman–Crippen LogP) is 0.958. The minimum absolute atomic E-state index is 0.0651. The maximum Gasteiger partial charge on any atom is 0.303 e. The van der Waals surface area contributed by atoms with Crippen molar-refractivity contribution < 1.29 is 19.5 Å². The van der Waals surface area contributed by atoms with Crippen molar-refractivity contribution in [3.05, 3.63) is 0 Å². The molecule has 0 aromatic heterocycles. The number of hydrogen-bond donors (Lipinski definition) is 1. The quantitative estimate of drug-likeness (QED) is 0.819. The van der Waals surface area contributed by atoms with E-state index in [0.717, 1.165) is 19.4 Å². The Labute approximate surface area is 125 Å². The van der Waals surface area contributed by atoms with Crippen LogP contribution in [0, 0.1) is 11.8 Å². The van der Waals surface area contributed by atoms with Crippen molar-refractivity contribution in [2.75, 3.05) is 26.2 Å². The summed E-state index contributed by atoms with van der Waals surface area (Å²) in [6.45, 7) is 4.49. The van der Waals surface area contributed by atoms with Gasteiger partial charge in [0.15, 0.2) is 0 Å². The second-order valence-corrected chi connectivity index (χ2v) is 6.06. The van der Waals surface area contributed by atoms with E-state index in [4.69, 9.17) is 5.11 Å². The molecule has 6 nitrogen and oxygen atoms in total. The Morgan fingerprint density at radius 1 is 1.33 bits per heavy atom. The lowest BCUT2D eigenvalue weighted by atomic mass is 9.92. The summed E-state index contributed by atoms with van der Waals surface area (Å²) in [4.78, 5) is 38.5. The number of aliphatic carboxylic acids is 1. The number of hydrogen-bond acceptors (Lipinski definition) is 3. The van der Waals surface area contributed by atoms with E-state index in [0.29, 0.717) is 32.5 Å². The molecule has 2 saturated heterocycles. The molecule has 118 valence electrons. The lowest BCUT2D eigenvalue weighted by Crippen LogP contribution is -2.43. The molecule has 0 saturated carbocycles. The number of amides is 2. The highest BCUT2D eigenvalue weighted by molar-refractivity contribution is 5.89. The zero-order valence-corrected chi connectivity index (χ0v) is 12.6. The lowest BCUT2D eigenvalue weighted by molar-refractivity contribution is -0.138. The molecule has 2 fully saturated rings. The van der Waals surface area contributed by atoms with Gasteiger partial charge in [-0.05, 0) is 32.1 Å². The fourth-order valence-electron chi connectivity index (χ4n) is 3.33. The van der Waals surface area contributed by atoms with Crippen LogP contribution in [0.3, 0.4) is 0 Å². The largest absolute Gasteiger partial charge is 0.481 e. The number of piperidine rings is 1. The lowest BCUT2D eigenvalue weighted by Gasteiger charge is -2.34. The van der Waals surface area contributed by atoms with Crippen molar-refractivity contribution in [3.8, 4) is 0 Å². The number of nitrogens with zero attached hydrogens (tertiary/aromatic N) is 2. The Morgan fingerprint density at radius 2 is 2.10 bits per heavy atom. The maximum absolute atomic E-state index is 12.5. The van der Waals surface area contributed by atoms with Crippen molar-refractivity contribution in [1.82, 2.24) is 9.80 Å². The van der Waals surface area contributed by atoms with Crippen LogP contribution in [-0.4, -0.2) is 58.9 Å². The molecule has 6 heteroatoms.